The molecule has 2 atom stereocenters. The second-order valence-electron chi connectivity index (χ2n) is 5.49. The highest BCUT2D eigenvalue weighted by Gasteiger charge is 2.35. The van der Waals surface area contributed by atoms with Crippen LogP contribution in [-0.4, -0.2) is 41.0 Å². The summed E-state index contributed by atoms with van der Waals surface area (Å²) in [4.78, 5) is 24.9. The lowest BCUT2D eigenvalue weighted by atomic mass is 9.92. The molecule has 0 spiro atoms. The number of benzene rings is 1. The van der Waals surface area contributed by atoms with Crippen LogP contribution in [0.3, 0.4) is 0 Å². The topological polar surface area (TPSA) is 69.6 Å². The lowest BCUT2D eigenvalue weighted by Crippen LogP contribution is -2.46. The van der Waals surface area contributed by atoms with Crippen molar-refractivity contribution < 1.29 is 14.7 Å². The molecule has 0 bridgehead atoms. The number of carbonyl (C=O) groups excluding carboxylic acids is 1. The average molecular weight is 274 g/mol. The summed E-state index contributed by atoms with van der Waals surface area (Å²) in [5, 5.41) is 12.5. The summed E-state index contributed by atoms with van der Waals surface area (Å²) in [7, 11) is 0. The molecule has 5 nitrogen and oxygen atoms in total. The van der Waals surface area contributed by atoms with Gasteiger partial charge >= 0.3 is 5.97 Å². The van der Waals surface area contributed by atoms with Crippen LogP contribution in [0.2, 0.25) is 0 Å². The van der Waals surface area contributed by atoms with Gasteiger partial charge in [-0.15, -0.1) is 0 Å². The average Bonchev–Trinajstić information content (AvgIpc) is 2.83. The van der Waals surface area contributed by atoms with Gasteiger partial charge in [-0.25, -0.2) is 0 Å². The Hall–Kier alpha value is -1.88. The summed E-state index contributed by atoms with van der Waals surface area (Å²) in [5.41, 5.74) is 2.00. The first-order chi connectivity index (χ1) is 9.65. The predicted molar refractivity (Wildman–Crippen MR) is 73.3 cm³/mol. The van der Waals surface area contributed by atoms with E-state index in [0.717, 1.165) is 30.5 Å². The van der Waals surface area contributed by atoms with Crippen molar-refractivity contribution in [2.75, 3.05) is 13.1 Å². The van der Waals surface area contributed by atoms with Crippen molar-refractivity contribution in [3.05, 3.63) is 35.4 Å². The van der Waals surface area contributed by atoms with Crippen LogP contribution in [0.25, 0.3) is 0 Å². The Bertz CT molecular complexity index is 544. The lowest BCUT2D eigenvalue weighted by Gasteiger charge is -2.36. The normalized spacial score (nSPS) is 26.1. The summed E-state index contributed by atoms with van der Waals surface area (Å²) < 4.78 is 0. The lowest BCUT2D eigenvalue weighted by molar-refractivity contribution is -0.144. The minimum absolute atomic E-state index is 0.0688. The molecular formula is C15H18N2O3. The molecule has 2 heterocycles. The van der Waals surface area contributed by atoms with E-state index in [0.29, 0.717) is 13.0 Å². The zero-order valence-electron chi connectivity index (χ0n) is 11.2. The van der Waals surface area contributed by atoms with E-state index in [1.165, 1.54) is 0 Å². The van der Waals surface area contributed by atoms with E-state index in [1.807, 2.05) is 29.2 Å². The number of aliphatic carboxylic acids is 1. The van der Waals surface area contributed by atoms with E-state index in [4.69, 9.17) is 0 Å². The predicted octanol–water partition coefficient (Wildman–Crippen LogP) is 0.949. The van der Waals surface area contributed by atoms with Crippen LogP contribution in [0.15, 0.2) is 24.3 Å². The molecule has 1 aromatic rings. The van der Waals surface area contributed by atoms with Gasteiger partial charge in [0.05, 0.1) is 0 Å². The van der Waals surface area contributed by atoms with Crippen molar-refractivity contribution >= 4 is 11.9 Å². The molecule has 0 aromatic heterocycles. The number of fused-ring (bicyclic) bond motifs is 1. The largest absolute Gasteiger partial charge is 0.480 e. The Labute approximate surface area is 117 Å². The molecule has 1 amide bonds. The number of rotatable bonds is 3. The van der Waals surface area contributed by atoms with E-state index >= 15 is 0 Å². The molecule has 1 fully saturated rings. The minimum Gasteiger partial charge on any atom is -0.480 e. The summed E-state index contributed by atoms with van der Waals surface area (Å²) >= 11 is 0. The van der Waals surface area contributed by atoms with Gasteiger partial charge < -0.3 is 10.4 Å². The molecule has 1 saturated heterocycles. The van der Waals surface area contributed by atoms with E-state index in [9.17, 15) is 14.7 Å². The monoisotopic (exact) mass is 274 g/mol. The molecule has 5 heteroatoms. The maximum Gasteiger partial charge on any atom is 0.325 e. The second-order valence-corrected chi connectivity index (χ2v) is 5.49. The third-order valence-electron chi connectivity index (χ3n) is 4.16. The van der Waals surface area contributed by atoms with Gasteiger partial charge in [0, 0.05) is 25.6 Å². The van der Waals surface area contributed by atoms with Crippen LogP contribution in [0, 0.1) is 0 Å². The molecule has 1 aromatic carbocycles. The highest BCUT2D eigenvalue weighted by Crippen LogP contribution is 2.30. The molecule has 106 valence electrons. The SMILES string of the molecule is O=C1CCC(CN2CCc3ccccc3C2C(=O)O)N1. The smallest absolute Gasteiger partial charge is 0.325 e. The molecule has 3 rings (SSSR count). The van der Waals surface area contributed by atoms with Gasteiger partial charge in [0.2, 0.25) is 5.91 Å². The third-order valence-corrected chi connectivity index (χ3v) is 4.16. The molecule has 0 aliphatic carbocycles. The quantitative estimate of drug-likeness (QED) is 0.861. The first-order valence-electron chi connectivity index (χ1n) is 6.99. The van der Waals surface area contributed by atoms with Gasteiger partial charge in [0.1, 0.15) is 6.04 Å². The van der Waals surface area contributed by atoms with E-state index < -0.39 is 12.0 Å². The molecule has 2 aliphatic heterocycles. The van der Waals surface area contributed by atoms with Crippen LogP contribution >= 0.6 is 0 Å². The number of hydrogen-bond donors (Lipinski definition) is 2. The van der Waals surface area contributed by atoms with Crippen molar-refractivity contribution in [3.63, 3.8) is 0 Å². The molecule has 0 saturated carbocycles. The molecule has 2 N–H and O–H groups in total. The highest BCUT2D eigenvalue weighted by atomic mass is 16.4. The van der Waals surface area contributed by atoms with Crippen molar-refractivity contribution in [2.24, 2.45) is 0 Å². The maximum absolute atomic E-state index is 11.6. The zero-order chi connectivity index (χ0) is 14.1. The number of nitrogens with one attached hydrogen (secondary N) is 1. The second kappa shape index (κ2) is 5.25. The number of hydrogen-bond acceptors (Lipinski definition) is 3. The highest BCUT2D eigenvalue weighted by molar-refractivity contribution is 5.78. The number of carboxylic acids is 1. The standard InChI is InChI=1S/C15H18N2O3/c18-13-6-5-11(16-13)9-17-8-7-10-3-1-2-4-12(10)14(17)15(19)20/h1-4,11,14H,5-9H2,(H,16,18)(H,19,20). The Morgan fingerprint density at radius 1 is 1.35 bits per heavy atom. The molecule has 2 aliphatic rings. The van der Waals surface area contributed by atoms with Crippen LogP contribution in [-0.2, 0) is 16.0 Å². The number of carboxylic acid groups (broad SMARTS) is 1. The molecule has 0 radical (unpaired) electrons. The Balaban J connectivity index is 1.81. The van der Waals surface area contributed by atoms with Gasteiger partial charge in [0.25, 0.3) is 0 Å². The summed E-state index contributed by atoms with van der Waals surface area (Å²) in [5.74, 6) is -0.749. The molecular weight excluding hydrogens is 256 g/mol. The van der Waals surface area contributed by atoms with Gasteiger partial charge in [-0.05, 0) is 24.0 Å². The molecule has 20 heavy (non-hydrogen) atoms. The van der Waals surface area contributed by atoms with Crippen LogP contribution < -0.4 is 5.32 Å². The first kappa shape index (κ1) is 13.1. The Morgan fingerprint density at radius 2 is 2.15 bits per heavy atom. The van der Waals surface area contributed by atoms with Crippen molar-refractivity contribution in [3.8, 4) is 0 Å². The Kier molecular flexibility index (Phi) is 3.44. The number of amides is 1. The number of nitrogens with zero attached hydrogens (tertiary/aromatic N) is 1. The minimum atomic E-state index is -0.818. The Morgan fingerprint density at radius 3 is 2.85 bits per heavy atom. The van der Waals surface area contributed by atoms with Crippen LogP contribution in [0.1, 0.15) is 30.0 Å². The van der Waals surface area contributed by atoms with Crippen molar-refractivity contribution in [1.29, 1.82) is 0 Å². The van der Waals surface area contributed by atoms with Crippen molar-refractivity contribution in [2.45, 2.75) is 31.3 Å². The fourth-order valence-electron chi connectivity index (χ4n) is 3.20. The summed E-state index contributed by atoms with van der Waals surface area (Å²) in [6.45, 7) is 1.33. The van der Waals surface area contributed by atoms with Crippen LogP contribution in [0.5, 0.6) is 0 Å². The van der Waals surface area contributed by atoms with Gasteiger partial charge in [-0.3, -0.25) is 14.5 Å². The fraction of sp³-hybridized carbons (Fsp3) is 0.467. The van der Waals surface area contributed by atoms with Crippen molar-refractivity contribution in [1.82, 2.24) is 10.2 Å². The van der Waals surface area contributed by atoms with Crippen LogP contribution in [0.4, 0.5) is 0 Å². The van der Waals surface area contributed by atoms with E-state index in [-0.39, 0.29) is 11.9 Å². The molecule has 2 unspecified atom stereocenters. The van der Waals surface area contributed by atoms with E-state index in [2.05, 4.69) is 5.32 Å². The van der Waals surface area contributed by atoms with Gasteiger partial charge in [-0.2, -0.15) is 0 Å². The summed E-state index contributed by atoms with van der Waals surface area (Å²) in [6, 6.07) is 7.21. The maximum atomic E-state index is 11.6. The zero-order valence-corrected chi connectivity index (χ0v) is 11.2. The fourth-order valence-corrected chi connectivity index (χ4v) is 3.20. The van der Waals surface area contributed by atoms with Gasteiger partial charge in [-0.1, -0.05) is 24.3 Å². The number of carbonyl (C=O) groups is 2. The third kappa shape index (κ3) is 2.41. The summed E-state index contributed by atoms with van der Waals surface area (Å²) in [6.07, 6.45) is 2.21. The van der Waals surface area contributed by atoms with E-state index in [1.54, 1.807) is 0 Å². The first-order valence-corrected chi connectivity index (χ1v) is 6.99. The van der Waals surface area contributed by atoms with Gasteiger partial charge in [0.15, 0.2) is 0 Å².